The van der Waals surface area contributed by atoms with Crippen LogP contribution in [0.3, 0.4) is 0 Å². The summed E-state index contributed by atoms with van der Waals surface area (Å²) in [6.07, 6.45) is 1.80. The number of nitrogens with zero attached hydrogens (tertiary/aromatic N) is 1. The van der Waals surface area contributed by atoms with E-state index in [-0.39, 0.29) is 31.0 Å². The van der Waals surface area contributed by atoms with Crippen molar-refractivity contribution in [2.75, 3.05) is 26.2 Å². The van der Waals surface area contributed by atoms with Gasteiger partial charge in [-0.3, -0.25) is 0 Å². The zero-order valence-corrected chi connectivity index (χ0v) is 12.7. The molecular formula is C16H22F2N2O2. The molecule has 2 rings (SSSR count). The number of likely N-dealkylation sites (tertiary alicyclic amines) is 1. The molecule has 1 heterocycles. The minimum absolute atomic E-state index is 0.0843. The minimum atomic E-state index is -0.610. The van der Waals surface area contributed by atoms with Crippen LogP contribution in [-0.4, -0.2) is 42.3 Å². The maximum Gasteiger partial charge on any atom is 0.317 e. The first kappa shape index (κ1) is 16.7. The fraction of sp³-hybridized carbons (Fsp3) is 0.562. The number of piperidine rings is 1. The van der Waals surface area contributed by atoms with Gasteiger partial charge in [-0.25, -0.2) is 13.6 Å². The topological polar surface area (TPSA) is 52.6 Å². The van der Waals surface area contributed by atoms with Gasteiger partial charge in [0.2, 0.25) is 0 Å². The second-order valence-corrected chi connectivity index (χ2v) is 5.89. The van der Waals surface area contributed by atoms with Crippen LogP contribution in [0.5, 0.6) is 0 Å². The van der Waals surface area contributed by atoms with E-state index in [4.69, 9.17) is 0 Å². The van der Waals surface area contributed by atoms with Gasteiger partial charge in [0, 0.05) is 38.2 Å². The molecule has 0 spiro atoms. The molecule has 122 valence electrons. The summed E-state index contributed by atoms with van der Waals surface area (Å²) in [6, 6.07) is 3.27. The number of benzene rings is 1. The Morgan fingerprint density at radius 1 is 1.50 bits per heavy atom. The van der Waals surface area contributed by atoms with Crippen LogP contribution >= 0.6 is 0 Å². The molecule has 0 aliphatic carbocycles. The lowest BCUT2D eigenvalue weighted by atomic mass is 9.99. The van der Waals surface area contributed by atoms with Gasteiger partial charge in [-0.1, -0.05) is 13.0 Å². The van der Waals surface area contributed by atoms with Crippen LogP contribution in [-0.2, 0) is 0 Å². The van der Waals surface area contributed by atoms with Crippen molar-refractivity contribution in [3.8, 4) is 0 Å². The monoisotopic (exact) mass is 312 g/mol. The third-order valence-corrected chi connectivity index (χ3v) is 4.12. The summed E-state index contributed by atoms with van der Waals surface area (Å²) >= 11 is 0. The van der Waals surface area contributed by atoms with Crippen molar-refractivity contribution < 1.29 is 18.7 Å². The van der Waals surface area contributed by atoms with Gasteiger partial charge in [0.25, 0.3) is 0 Å². The number of nitrogens with one attached hydrogen (secondary N) is 1. The second kappa shape index (κ2) is 7.54. The number of hydrogen-bond acceptors (Lipinski definition) is 2. The number of urea groups is 1. The summed E-state index contributed by atoms with van der Waals surface area (Å²) in [5, 5.41) is 12.0. The lowest BCUT2D eigenvalue weighted by Gasteiger charge is -2.32. The number of halogens is 2. The van der Waals surface area contributed by atoms with Crippen LogP contribution in [0.1, 0.15) is 31.2 Å². The van der Waals surface area contributed by atoms with Crippen molar-refractivity contribution in [2.45, 2.75) is 25.7 Å². The maximum absolute atomic E-state index is 13.7. The number of aliphatic hydroxyl groups excluding tert-OH is 1. The van der Waals surface area contributed by atoms with E-state index in [2.05, 4.69) is 5.32 Å². The van der Waals surface area contributed by atoms with Crippen LogP contribution < -0.4 is 5.32 Å². The fourth-order valence-corrected chi connectivity index (χ4v) is 2.76. The molecule has 1 fully saturated rings. The summed E-state index contributed by atoms with van der Waals surface area (Å²) in [5.41, 5.74) is 0.383. The Labute approximate surface area is 129 Å². The zero-order valence-electron chi connectivity index (χ0n) is 12.7. The van der Waals surface area contributed by atoms with E-state index in [1.807, 2.05) is 0 Å². The van der Waals surface area contributed by atoms with Gasteiger partial charge in [-0.15, -0.1) is 0 Å². The van der Waals surface area contributed by atoms with Gasteiger partial charge in [-0.2, -0.15) is 0 Å². The van der Waals surface area contributed by atoms with Crippen LogP contribution in [0.2, 0.25) is 0 Å². The van der Waals surface area contributed by atoms with Gasteiger partial charge >= 0.3 is 6.03 Å². The SMILES string of the molecule is CC(CNC(=O)N1CCCC(CO)C1)c1ccc(F)cc1F. The summed E-state index contributed by atoms with van der Waals surface area (Å²) in [6.45, 7) is 3.36. The van der Waals surface area contributed by atoms with Crippen molar-refractivity contribution >= 4 is 6.03 Å². The predicted octanol–water partition coefficient (Wildman–Crippen LogP) is 2.48. The first-order valence-corrected chi connectivity index (χ1v) is 7.59. The molecule has 0 bridgehead atoms. The van der Waals surface area contributed by atoms with Gasteiger partial charge in [0.1, 0.15) is 11.6 Å². The highest BCUT2D eigenvalue weighted by molar-refractivity contribution is 5.74. The van der Waals surface area contributed by atoms with E-state index in [0.29, 0.717) is 18.7 Å². The van der Waals surface area contributed by atoms with Crippen molar-refractivity contribution in [3.05, 3.63) is 35.4 Å². The summed E-state index contributed by atoms with van der Waals surface area (Å²) in [7, 11) is 0. The van der Waals surface area contributed by atoms with Crippen molar-refractivity contribution in [1.29, 1.82) is 0 Å². The molecular weight excluding hydrogens is 290 g/mol. The third-order valence-electron chi connectivity index (χ3n) is 4.12. The standard InChI is InChI=1S/C16H22F2N2O2/c1-11(14-5-4-13(17)7-15(14)18)8-19-16(22)20-6-2-3-12(9-20)10-21/h4-5,7,11-12,21H,2-3,6,8-10H2,1H3,(H,19,22). The van der Waals surface area contributed by atoms with Crippen LogP contribution in [0.15, 0.2) is 18.2 Å². The molecule has 0 saturated carbocycles. The molecule has 2 unspecified atom stereocenters. The normalized spacial score (nSPS) is 19.8. The van der Waals surface area contributed by atoms with Crippen molar-refractivity contribution in [2.24, 2.45) is 5.92 Å². The smallest absolute Gasteiger partial charge is 0.317 e. The molecule has 1 aromatic rings. The Bertz CT molecular complexity index is 525. The highest BCUT2D eigenvalue weighted by Gasteiger charge is 2.23. The highest BCUT2D eigenvalue weighted by atomic mass is 19.1. The van der Waals surface area contributed by atoms with E-state index in [9.17, 15) is 18.7 Å². The maximum atomic E-state index is 13.7. The number of carbonyl (C=O) groups is 1. The van der Waals surface area contributed by atoms with E-state index in [0.717, 1.165) is 18.9 Å². The summed E-state index contributed by atoms with van der Waals surface area (Å²) < 4.78 is 26.6. The number of rotatable bonds is 4. The lowest BCUT2D eigenvalue weighted by molar-refractivity contribution is 0.129. The average molecular weight is 312 g/mol. The lowest BCUT2D eigenvalue weighted by Crippen LogP contribution is -2.46. The van der Waals surface area contributed by atoms with Gasteiger partial charge in [0.05, 0.1) is 0 Å². The van der Waals surface area contributed by atoms with Crippen molar-refractivity contribution in [3.63, 3.8) is 0 Å². The Morgan fingerprint density at radius 3 is 2.95 bits per heavy atom. The molecule has 22 heavy (non-hydrogen) atoms. The van der Waals surface area contributed by atoms with Gasteiger partial charge < -0.3 is 15.3 Å². The summed E-state index contributed by atoms with van der Waals surface area (Å²) in [4.78, 5) is 13.8. The third kappa shape index (κ3) is 4.16. The van der Waals surface area contributed by atoms with E-state index < -0.39 is 11.6 Å². The molecule has 1 saturated heterocycles. The van der Waals surface area contributed by atoms with Crippen LogP contribution in [0, 0.1) is 17.6 Å². The second-order valence-electron chi connectivity index (χ2n) is 5.89. The average Bonchev–Trinajstić information content (AvgIpc) is 2.52. The molecule has 2 N–H and O–H groups in total. The molecule has 0 radical (unpaired) electrons. The molecule has 0 aromatic heterocycles. The molecule has 2 amide bonds. The first-order chi connectivity index (χ1) is 10.5. The molecule has 1 aliphatic rings. The van der Waals surface area contributed by atoms with Gasteiger partial charge in [-0.05, 0) is 30.4 Å². The zero-order chi connectivity index (χ0) is 16.1. The minimum Gasteiger partial charge on any atom is -0.396 e. The van der Waals surface area contributed by atoms with Crippen LogP contribution in [0.4, 0.5) is 13.6 Å². The number of amides is 2. The van der Waals surface area contributed by atoms with Crippen LogP contribution in [0.25, 0.3) is 0 Å². The largest absolute Gasteiger partial charge is 0.396 e. The Balaban J connectivity index is 1.87. The number of hydrogen-bond donors (Lipinski definition) is 2. The first-order valence-electron chi connectivity index (χ1n) is 7.59. The van der Waals surface area contributed by atoms with E-state index >= 15 is 0 Å². The quantitative estimate of drug-likeness (QED) is 0.897. The number of aliphatic hydroxyl groups is 1. The Morgan fingerprint density at radius 2 is 2.27 bits per heavy atom. The molecule has 2 atom stereocenters. The summed E-state index contributed by atoms with van der Waals surface area (Å²) in [5.74, 6) is -1.32. The molecule has 6 heteroatoms. The Kier molecular flexibility index (Phi) is 5.71. The van der Waals surface area contributed by atoms with E-state index in [1.54, 1.807) is 11.8 Å². The van der Waals surface area contributed by atoms with Gasteiger partial charge in [0.15, 0.2) is 0 Å². The highest BCUT2D eigenvalue weighted by Crippen LogP contribution is 2.20. The molecule has 1 aliphatic heterocycles. The fourth-order valence-electron chi connectivity index (χ4n) is 2.76. The number of carbonyl (C=O) groups excluding carboxylic acids is 1. The molecule has 4 nitrogen and oxygen atoms in total. The van der Waals surface area contributed by atoms with Crippen molar-refractivity contribution in [1.82, 2.24) is 10.2 Å². The predicted molar refractivity (Wildman–Crippen MR) is 79.6 cm³/mol. The Hall–Kier alpha value is -1.69. The van der Waals surface area contributed by atoms with E-state index in [1.165, 1.54) is 12.1 Å². The molecule has 1 aromatic carbocycles.